The van der Waals surface area contributed by atoms with Gasteiger partial charge in [0.05, 0.1) is 39.5 Å². The Balaban J connectivity index is 1.57. The number of tetrazole rings is 1. The molecule has 0 spiro atoms. The van der Waals surface area contributed by atoms with Gasteiger partial charge in [-0.05, 0) is 107 Å². The van der Waals surface area contributed by atoms with Gasteiger partial charge in [-0.2, -0.15) is 22.7 Å². The van der Waals surface area contributed by atoms with Crippen molar-refractivity contribution in [3.8, 4) is 34.7 Å². The van der Waals surface area contributed by atoms with Crippen molar-refractivity contribution in [1.82, 2.24) is 24.5 Å². The third kappa shape index (κ3) is 8.35. The molecule has 11 nitrogen and oxygen atoms in total. The van der Waals surface area contributed by atoms with Gasteiger partial charge in [0.2, 0.25) is 10.0 Å². The van der Waals surface area contributed by atoms with Crippen molar-refractivity contribution in [2.75, 3.05) is 21.3 Å². The normalized spacial score (nSPS) is 16.2. The minimum absolute atomic E-state index is 0.0318. The summed E-state index contributed by atoms with van der Waals surface area (Å²) in [4.78, 5) is -0.928. The van der Waals surface area contributed by atoms with E-state index in [4.69, 9.17) is 14.2 Å². The van der Waals surface area contributed by atoms with Crippen molar-refractivity contribution in [1.29, 1.82) is 5.26 Å². The number of halogens is 3. The smallest absolute Gasteiger partial charge is 0.417 e. The lowest BCUT2D eigenvalue weighted by molar-refractivity contribution is -0.139. The Morgan fingerprint density at radius 1 is 0.778 bits per heavy atom. The van der Waals surface area contributed by atoms with E-state index in [0.717, 1.165) is 10.4 Å². The molecule has 1 heterocycles. The zero-order valence-corrected chi connectivity index (χ0v) is 30.8. The fraction of sp³-hybridized carbons (Fsp3) is 0.333. The maximum atomic E-state index is 15.3. The van der Waals surface area contributed by atoms with Crippen LogP contribution in [0.3, 0.4) is 0 Å². The molecule has 4 aromatic carbocycles. The van der Waals surface area contributed by atoms with E-state index in [-0.39, 0.29) is 42.9 Å². The summed E-state index contributed by atoms with van der Waals surface area (Å²) in [6.45, 7) is -0.489. The molecule has 1 aromatic heterocycles. The molecule has 0 radical (unpaired) electrons. The molecule has 1 saturated carbocycles. The van der Waals surface area contributed by atoms with Crippen LogP contribution in [0.15, 0.2) is 89.8 Å². The molecule has 0 bridgehead atoms. The molecule has 15 heteroatoms. The standard InChI is InChI=1S/C39H39F3N6O5S/c1-51-31-14-6-27(7-15-31)23-47(24-28-8-16-32(52-2)17-9-28)54(49,50)37-35(39(40,41)42)21-20-34(30-12-4-26(22-43)5-13-30)36(37)38-44-45-46-48(38)25-29-10-18-33(53-3)19-11-29/h6-11,14-21,26,30H,4-5,12-13,23-25H2,1-3H3. The zero-order chi connectivity index (χ0) is 38.5. The highest BCUT2D eigenvalue weighted by atomic mass is 32.2. The Kier molecular flexibility index (Phi) is 11.5. The minimum atomic E-state index is -5.08. The van der Waals surface area contributed by atoms with E-state index in [9.17, 15) is 5.26 Å². The van der Waals surface area contributed by atoms with Crippen molar-refractivity contribution in [2.45, 2.75) is 62.3 Å². The highest BCUT2D eigenvalue weighted by molar-refractivity contribution is 7.89. The minimum Gasteiger partial charge on any atom is -0.497 e. The molecule has 54 heavy (non-hydrogen) atoms. The molecule has 5 aromatic rings. The average molecular weight is 761 g/mol. The van der Waals surface area contributed by atoms with Gasteiger partial charge in [-0.15, -0.1) is 5.10 Å². The number of nitrogens with zero attached hydrogens (tertiary/aromatic N) is 6. The van der Waals surface area contributed by atoms with Gasteiger partial charge >= 0.3 is 6.18 Å². The van der Waals surface area contributed by atoms with E-state index < -0.39 is 26.7 Å². The summed E-state index contributed by atoms with van der Waals surface area (Å²) in [6.07, 6.45) is -3.10. The molecule has 0 N–H and O–H groups in total. The van der Waals surface area contributed by atoms with Crippen LogP contribution in [0.2, 0.25) is 0 Å². The summed E-state index contributed by atoms with van der Waals surface area (Å²) in [7, 11) is -0.476. The fourth-order valence-corrected chi connectivity index (χ4v) is 8.64. The molecule has 0 atom stereocenters. The molecular formula is C39H39F3N6O5S. The Bertz CT molecular complexity index is 2150. The van der Waals surface area contributed by atoms with Crippen molar-refractivity contribution in [3.63, 3.8) is 0 Å². The molecule has 1 aliphatic rings. The summed E-state index contributed by atoms with van der Waals surface area (Å²) in [6, 6.07) is 24.8. The van der Waals surface area contributed by atoms with E-state index in [1.807, 2.05) is 0 Å². The van der Waals surface area contributed by atoms with Gasteiger partial charge in [0, 0.05) is 24.6 Å². The molecule has 1 aliphatic carbocycles. The quantitative estimate of drug-likeness (QED) is 0.119. The number of rotatable bonds is 13. The van der Waals surface area contributed by atoms with Crippen LogP contribution >= 0.6 is 0 Å². The monoisotopic (exact) mass is 760 g/mol. The van der Waals surface area contributed by atoms with E-state index in [2.05, 4.69) is 21.6 Å². The van der Waals surface area contributed by atoms with Crippen LogP contribution in [0.25, 0.3) is 11.4 Å². The van der Waals surface area contributed by atoms with Crippen LogP contribution in [0.5, 0.6) is 17.2 Å². The molecule has 282 valence electrons. The third-order valence-electron chi connectivity index (χ3n) is 9.73. The number of aromatic nitrogens is 4. The first-order chi connectivity index (χ1) is 25.9. The number of methoxy groups -OCH3 is 3. The molecular weight excluding hydrogens is 722 g/mol. The lowest BCUT2D eigenvalue weighted by Gasteiger charge is -2.30. The molecule has 1 fully saturated rings. The second-order valence-electron chi connectivity index (χ2n) is 13.1. The van der Waals surface area contributed by atoms with Crippen LogP contribution in [-0.4, -0.2) is 54.3 Å². The first-order valence-corrected chi connectivity index (χ1v) is 18.7. The Labute approximate surface area is 311 Å². The Morgan fingerprint density at radius 2 is 1.28 bits per heavy atom. The summed E-state index contributed by atoms with van der Waals surface area (Å²) in [5.41, 5.74) is 0.588. The molecule has 0 saturated heterocycles. The van der Waals surface area contributed by atoms with Crippen LogP contribution in [0, 0.1) is 17.2 Å². The second kappa shape index (κ2) is 16.3. The number of hydrogen-bond donors (Lipinski definition) is 0. The van der Waals surface area contributed by atoms with Crippen molar-refractivity contribution < 1.29 is 35.8 Å². The summed E-state index contributed by atoms with van der Waals surface area (Å²) >= 11 is 0. The van der Waals surface area contributed by atoms with E-state index in [0.29, 0.717) is 65.2 Å². The number of nitriles is 1. The Hall–Kier alpha value is -5.46. The number of ether oxygens (including phenoxy) is 3. The van der Waals surface area contributed by atoms with Gasteiger partial charge in [0.15, 0.2) is 5.82 Å². The first-order valence-electron chi connectivity index (χ1n) is 17.2. The predicted molar refractivity (Wildman–Crippen MR) is 193 cm³/mol. The van der Waals surface area contributed by atoms with Crippen molar-refractivity contribution in [2.24, 2.45) is 5.92 Å². The lowest BCUT2D eigenvalue weighted by atomic mass is 9.77. The Morgan fingerprint density at radius 3 is 1.74 bits per heavy atom. The van der Waals surface area contributed by atoms with Crippen molar-refractivity contribution >= 4 is 10.0 Å². The van der Waals surface area contributed by atoms with Crippen molar-refractivity contribution in [3.05, 3.63) is 113 Å². The zero-order valence-electron chi connectivity index (χ0n) is 30.0. The van der Waals surface area contributed by atoms with Crippen LogP contribution in [0.1, 0.15) is 59.4 Å². The molecule has 0 amide bonds. The first kappa shape index (κ1) is 38.3. The fourth-order valence-electron chi connectivity index (χ4n) is 6.81. The summed E-state index contributed by atoms with van der Waals surface area (Å²) < 4.78 is 94.5. The number of hydrogen-bond acceptors (Lipinski definition) is 9. The highest BCUT2D eigenvalue weighted by Crippen LogP contribution is 2.47. The van der Waals surface area contributed by atoms with Gasteiger partial charge in [0.25, 0.3) is 0 Å². The number of alkyl halides is 3. The largest absolute Gasteiger partial charge is 0.497 e. The van der Waals surface area contributed by atoms with Crippen LogP contribution in [0.4, 0.5) is 13.2 Å². The van der Waals surface area contributed by atoms with E-state index in [1.54, 1.807) is 72.8 Å². The SMILES string of the molecule is COc1ccc(CN(Cc2ccc(OC)cc2)S(=O)(=O)c2c(C(F)(F)F)ccc(C3CCC(C#N)CC3)c2-c2nnnn2Cc2ccc(OC)cc2)cc1. The molecule has 6 rings (SSSR count). The van der Waals surface area contributed by atoms with Gasteiger partial charge in [-0.25, -0.2) is 13.1 Å². The number of sulfonamides is 1. The van der Waals surface area contributed by atoms with Gasteiger partial charge in [0.1, 0.15) is 22.1 Å². The highest BCUT2D eigenvalue weighted by Gasteiger charge is 2.44. The molecule has 0 unspecified atom stereocenters. The van der Waals surface area contributed by atoms with E-state index in [1.165, 1.54) is 32.1 Å². The van der Waals surface area contributed by atoms with Crippen LogP contribution in [-0.2, 0) is 35.8 Å². The maximum Gasteiger partial charge on any atom is 0.417 e. The maximum absolute atomic E-state index is 15.3. The average Bonchev–Trinajstić information content (AvgIpc) is 3.65. The summed E-state index contributed by atoms with van der Waals surface area (Å²) in [5, 5.41) is 21.8. The van der Waals surface area contributed by atoms with Gasteiger partial charge in [-0.1, -0.05) is 42.5 Å². The topological polar surface area (TPSA) is 132 Å². The predicted octanol–water partition coefficient (Wildman–Crippen LogP) is 7.62. The summed E-state index contributed by atoms with van der Waals surface area (Å²) in [5.74, 6) is 0.989. The van der Waals surface area contributed by atoms with Gasteiger partial charge in [-0.3, -0.25) is 0 Å². The lowest BCUT2D eigenvalue weighted by Crippen LogP contribution is -2.33. The second-order valence-corrected chi connectivity index (χ2v) is 14.9. The van der Waals surface area contributed by atoms with Crippen LogP contribution < -0.4 is 14.2 Å². The van der Waals surface area contributed by atoms with E-state index >= 15 is 21.6 Å². The third-order valence-corrected chi connectivity index (χ3v) is 11.6. The molecule has 0 aliphatic heterocycles. The van der Waals surface area contributed by atoms with Gasteiger partial charge < -0.3 is 14.2 Å². The number of benzene rings is 4.